The second kappa shape index (κ2) is 9.92. The SMILES string of the molecule is CCN(C)NC(=O)O[C@@H]1CC[C@H](c2cc(NC(=O)OCc3ccccc3)[nH]n2)C1. The number of carbonyl (C=O) groups is 2. The van der Waals surface area contributed by atoms with Crippen LogP contribution in [0.3, 0.4) is 0 Å². The highest BCUT2D eigenvalue weighted by molar-refractivity contribution is 5.83. The predicted molar refractivity (Wildman–Crippen MR) is 107 cm³/mol. The first kappa shape index (κ1) is 20.7. The molecule has 29 heavy (non-hydrogen) atoms. The average Bonchev–Trinajstić information content (AvgIpc) is 3.36. The maximum absolute atomic E-state index is 12.0. The van der Waals surface area contributed by atoms with Gasteiger partial charge in [0.05, 0.1) is 5.69 Å². The van der Waals surface area contributed by atoms with E-state index < -0.39 is 12.2 Å². The van der Waals surface area contributed by atoms with Gasteiger partial charge in [-0.3, -0.25) is 15.8 Å². The topological polar surface area (TPSA) is 109 Å². The number of aromatic nitrogens is 2. The third kappa shape index (κ3) is 6.21. The Kier molecular flexibility index (Phi) is 7.07. The lowest BCUT2D eigenvalue weighted by Crippen LogP contribution is -2.40. The lowest BCUT2D eigenvalue weighted by Gasteiger charge is -2.18. The van der Waals surface area contributed by atoms with Crippen LogP contribution in [0, 0.1) is 0 Å². The van der Waals surface area contributed by atoms with Crippen LogP contribution in [-0.4, -0.2) is 47.1 Å². The van der Waals surface area contributed by atoms with E-state index in [1.807, 2.05) is 37.3 Å². The summed E-state index contributed by atoms with van der Waals surface area (Å²) in [4.78, 5) is 23.8. The van der Waals surface area contributed by atoms with E-state index >= 15 is 0 Å². The summed E-state index contributed by atoms with van der Waals surface area (Å²) in [5.41, 5.74) is 4.40. The van der Waals surface area contributed by atoms with Crippen LogP contribution in [0.5, 0.6) is 0 Å². The molecule has 9 heteroatoms. The number of hydrogen-bond donors (Lipinski definition) is 3. The second-order valence-electron chi connectivity index (χ2n) is 7.06. The van der Waals surface area contributed by atoms with Crippen molar-refractivity contribution in [2.75, 3.05) is 18.9 Å². The van der Waals surface area contributed by atoms with Crippen LogP contribution in [0.2, 0.25) is 0 Å². The maximum Gasteiger partial charge on any atom is 0.422 e. The molecule has 1 fully saturated rings. The predicted octanol–water partition coefficient (Wildman–Crippen LogP) is 3.39. The number of H-pyrrole nitrogens is 1. The Morgan fingerprint density at radius 1 is 1.24 bits per heavy atom. The Morgan fingerprint density at radius 2 is 2.03 bits per heavy atom. The molecule has 156 valence electrons. The second-order valence-corrected chi connectivity index (χ2v) is 7.06. The smallest absolute Gasteiger partial charge is 0.422 e. The summed E-state index contributed by atoms with van der Waals surface area (Å²) in [6, 6.07) is 11.3. The molecule has 1 saturated carbocycles. The van der Waals surface area contributed by atoms with Crippen molar-refractivity contribution in [3.05, 3.63) is 47.7 Å². The summed E-state index contributed by atoms with van der Waals surface area (Å²) < 4.78 is 10.7. The third-order valence-electron chi connectivity index (χ3n) is 4.88. The molecule has 0 radical (unpaired) electrons. The molecule has 1 heterocycles. The van der Waals surface area contributed by atoms with Gasteiger partial charge in [0.25, 0.3) is 0 Å². The van der Waals surface area contributed by atoms with Gasteiger partial charge in [-0.05, 0) is 24.8 Å². The molecule has 3 rings (SSSR count). The Labute approximate surface area is 169 Å². The van der Waals surface area contributed by atoms with Crippen molar-refractivity contribution in [3.63, 3.8) is 0 Å². The van der Waals surface area contributed by atoms with Crippen LogP contribution < -0.4 is 10.7 Å². The van der Waals surface area contributed by atoms with E-state index in [1.165, 1.54) is 0 Å². The Bertz CT molecular complexity index is 810. The number of carbonyl (C=O) groups excluding carboxylic acids is 2. The number of nitrogens with one attached hydrogen (secondary N) is 3. The van der Waals surface area contributed by atoms with Gasteiger partial charge >= 0.3 is 12.2 Å². The van der Waals surface area contributed by atoms with Crippen molar-refractivity contribution in [2.45, 2.75) is 44.8 Å². The standard InChI is InChI=1S/C20H27N5O4/c1-3-25(2)24-20(27)29-16-10-9-15(11-16)17-12-18(23-22-17)21-19(26)28-13-14-7-5-4-6-8-14/h4-8,12,15-16H,3,9-11,13H2,1-2H3,(H,24,27)(H2,21,22,23,26)/t15-,16+/m0/s1. The Hall–Kier alpha value is -3.07. The van der Waals surface area contributed by atoms with Crippen LogP contribution in [0.1, 0.15) is 43.4 Å². The minimum absolute atomic E-state index is 0.144. The van der Waals surface area contributed by atoms with Crippen molar-refractivity contribution in [3.8, 4) is 0 Å². The van der Waals surface area contributed by atoms with Crippen LogP contribution in [0.15, 0.2) is 36.4 Å². The number of benzene rings is 1. The zero-order valence-corrected chi connectivity index (χ0v) is 16.7. The molecule has 0 unspecified atom stereocenters. The van der Waals surface area contributed by atoms with E-state index in [0.717, 1.165) is 24.1 Å². The molecule has 9 nitrogen and oxygen atoms in total. The first-order chi connectivity index (χ1) is 14.0. The molecule has 1 aromatic heterocycles. The van der Waals surface area contributed by atoms with E-state index in [2.05, 4.69) is 20.9 Å². The summed E-state index contributed by atoms with van der Waals surface area (Å²) in [6.45, 7) is 2.83. The molecule has 2 atom stereocenters. The van der Waals surface area contributed by atoms with Gasteiger partial charge in [-0.2, -0.15) is 5.10 Å². The summed E-state index contributed by atoms with van der Waals surface area (Å²) in [6.07, 6.45) is 1.21. The highest BCUT2D eigenvalue weighted by atomic mass is 16.6. The summed E-state index contributed by atoms with van der Waals surface area (Å²) in [5.74, 6) is 0.647. The molecule has 1 aliphatic carbocycles. The highest BCUT2D eigenvalue weighted by Gasteiger charge is 2.30. The first-order valence-electron chi connectivity index (χ1n) is 9.75. The largest absolute Gasteiger partial charge is 0.445 e. The number of anilines is 1. The monoisotopic (exact) mass is 401 g/mol. The van der Waals surface area contributed by atoms with Gasteiger partial charge in [0, 0.05) is 25.6 Å². The first-order valence-corrected chi connectivity index (χ1v) is 9.75. The fourth-order valence-corrected chi connectivity index (χ4v) is 3.21. The van der Waals surface area contributed by atoms with Crippen LogP contribution in [0.4, 0.5) is 15.4 Å². The van der Waals surface area contributed by atoms with Crippen molar-refractivity contribution in [1.29, 1.82) is 0 Å². The minimum Gasteiger partial charge on any atom is -0.445 e. The van der Waals surface area contributed by atoms with E-state index in [-0.39, 0.29) is 18.6 Å². The molecule has 2 aromatic rings. The number of ether oxygens (including phenoxy) is 2. The quantitative estimate of drug-likeness (QED) is 0.614. The number of aromatic amines is 1. The fourth-order valence-electron chi connectivity index (χ4n) is 3.21. The normalized spacial score (nSPS) is 18.4. The van der Waals surface area contributed by atoms with Gasteiger partial charge in [0.1, 0.15) is 18.5 Å². The molecule has 0 saturated heterocycles. The summed E-state index contributed by atoms with van der Waals surface area (Å²) >= 11 is 0. The number of amides is 2. The van der Waals surface area contributed by atoms with E-state index in [9.17, 15) is 9.59 Å². The molecule has 1 aromatic carbocycles. The van der Waals surface area contributed by atoms with Crippen LogP contribution in [-0.2, 0) is 16.1 Å². The zero-order valence-electron chi connectivity index (χ0n) is 16.7. The Balaban J connectivity index is 1.44. The molecule has 2 amide bonds. The number of nitrogens with zero attached hydrogens (tertiary/aromatic N) is 2. The van der Waals surface area contributed by atoms with Crippen molar-refractivity contribution in [2.24, 2.45) is 0 Å². The number of hydrogen-bond acceptors (Lipinski definition) is 6. The maximum atomic E-state index is 12.0. The number of rotatable bonds is 7. The van der Waals surface area contributed by atoms with E-state index in [4.69, 9.17) is 9.47 Å². The zero-order chi connectivity index (χ0) is 20.6. The molecule has 0 spiro atoms. The molecular formula is C20H27N5O4. The lowest BCUT2D eigenvalue weighted by molar-refractivity contribution is 0.0786. The average molecular weight is 401 g/mol. The van der Waals surface area contributed by atoms with Gasteiger partial charge in [-0.25, -0.2) is 14.6 Å². The molecule has 1 aliphatic rings. The van der Waals surface area contributed by atoms with E-state index in [1.54, 1.807) is 18.1 Å². The summed E-state index contributed by atoms with van der Waals surface area (Å²) in [5, 5.41) is 11.4. The molecular weight excluding hydrogens is 374 g/mol. The highest BCUT2D eigenvalue weighted by Crippen LogP contribution is 2.35. The minimum atomic E-state index is -0.548. The van der Waals surface area contributed by atoms with E-state index in [0.29, 0.717) is 18.8 Å². The summed E-state index contributed by atoms with van der Waals surface area (Å²) in [7, 11) is 1.78. The molecule has 3 N–H and O–H groups in total. The van der Waals surface area contributed by atoms with Crippen LogP contribution >= 0.6 is 0 Å². The lowest BCUT2D eigenvalue weighted by atomic mass is 10.0. The van der Waals surface area contributed by atoms with Crippen molar-refractivity contribution < 1.29 is 19.1 Å². The van der Waals surface area contributed by atoms with Gasteiger partial charge < -0.3 is 9.47 Å². The number of hydrazine groups is 1. The van der Waals surface area contributed by atoms with Crippen LogP contribution in [0.25, 0.3) is 0 Å². The van der Waals surface area contributed by atoms with Crippen molar-refractivity contribution in [1.82, 2.24) is 20.6 Å². The fraction of sp³-hybridized carbons (Fsp3) is 0.450. The third-order valence-corrected chi connectivity index (χ3v) is 4.88. The van der Waals surface area contributed by atoms with Crippen molar-refractivity contribution >= 4 is 18.0 Å². The van der Waals surface area contributed by atoms with Gasteiger partial charge in [-0.15, -0.1) is 0 Å². The Morgan fingerprint density at radius 3 is 2.79 bits per heavy atom. The molecule has 0 bridgehead atoms. The molecule has 0 aliphatic heterocycles. The van der Waals surface area contributed by atoms with Gasteiger partial charge in [0.2, 0.25) is 0 Å². The van der Waals surface area contributed by atoms with Gasteiger partial charge in [0.15, 0.2) is 0 Å². The van der Waals surface area contributed by atoms with Gasteiger partial charge in [-0.1, -0.05) is 37.3 Å².